The van der Waals surface area contributed by atoms with Gasteiger partial charge >= 0.3 is 0 Å². The molecule has 178 valence electrons. The van der Waals surface area contributed by atoms with Crippen LogP contribution in [-0.2, 0) is 0 Å². The highest BCUT2D eigenvalue weighted by molar-refractivity contribution is 7.77. The largest absolute Gasteiger partial charge is 0.390 e. The van der Waals surface area contributed by atoms with Gasteiger partial charge in [0, 0.05) is 6.16 Å². The van der Waals surface area contributed by atoms with Crippen molar-refractivity contribution >= 4 is 37.1 Å². The molecule has 0 saturated heterocycles. The molecule has 4 aromatic carbocycles. The van der Waals surface area contributed by atoms with Gasteiger partial charge in [0.05, 0.1) is 6.10 Å². The minimum atomic E-state index is -0.982. The molecule has 0 aliphatic heterocycles. The average Bonchev–Trinajstić information content (AvgIpc) is 2.91. The van der Waals surface area contributed by atoms with E-state index in [1.54, 1.807) is 0 Å². The first-order chi connectivity index (χ1) is 17.1. The van der Waals surface area contributed by atoms with Gasteiger partial charge in [-0.25, -0.2) is 0 Å². The predicted octanol–water partition coefficient (Wildman–Crippen LogP) is 5.27. The Bertz CT molecular complexity index is 1130. The Morgan fingerprint density at radius 3 is 1.26 bits per heavy atom. The molecule has 2 unspecified atom stereocenters. The maximum absolute atomic E-state index is 11.7. The molecule has 0 bridgehead atoms. The van der Waals surface area contributed by atoms with Gasteiger partial charge in [-0.2, -0.15) is 0 Å². The van der Waals surface area contributed by atoms with Crippen LogP contribution in [0.5, 0.6) is 0 Å². The lowest BCUT2D eigenvalue weighted by Gasteiger charge is -2.31. The van der Waals surface area contributed by atoms with E-state index >= 15 is 0 Å². The van der Waals surface area contributed by atoms with Crippen molar-refractivity contribution in [2.45, 2.75) is 26.1 Å². The van der Waals surface area contributed by atoms with Crippen molar-refractivity contribution in [1.82, 2.24) is 0 Å². The molecular formula is C31H32O2P2. The number of hydrogen-bond acceptors (Lipinski definition) is 2. The molecule has 2 atom stereocenters. The van der Waals surface area contributed by atoms with Crippen LogP contribution in [0.4, 0.5) is 0 Å². The maximum Gasteiger partial charge on any atom is 0.106 e. The standard InChI is InChI=1S/C31H32O2P2/c1-24(2)31(35(27-19-11-5-12-20-27)28-21-13-6-14-22-28)30(33)29(32)23-34(25-15-7-3-8-16-25)26-17-9-4-10-18-26/h3-22,29-30,32-33H,23H2,1-2H3. The molecule has 4 heteroatoms. The van der Waals surface area contributed by atoms with Crippen LogP contribution in [0.1, 0.15) is 13.8 Å². The van der Waals surface area contributed by atoms with Gasteiger partial charge in [-0.3, -0.25) is 0 Å². The first-order valence-corrected chi connectivity index (χ1v) is 14.7. The quantitative estimate of drug-likeness (QED) is 0.309. The van der Waals surface area contributed by atoms with E-state index in [1.165, 1.54) is 21.2 Å². The van der Waals surface area contributed by atoms with E-state index in [0.29, 0.717) is 6.16 Å². The second-order valence-corrected chi connectivity index (χ2v) is 13.1. The van der Waals surface area contributed by atoms with Crippen LogP contribution < -0.4 is 21.2 Å². The zero-order valence-electron chi connectivity index (χ0n) is 20.2. The van der Waals surface area contributed by atoms with Gasteiger partial charge in [-0.1, -0.05) is 127 Å². The molecule has 0 aromatic heterocycles. The second kappa shape index (κ2) is 12.4. The topological polar surface area (TPSA) is 40.5 Å². The minimum absolute atomic E-state index is 0.494. The average molecular weight is 499 g/mol. The first kappa shape index (κ1) is 25.5. The van der Waals surface area contributed by atoms with Gasteiger partial charge in [0.2, 0.25) is 0 Å². The van der Waals surface area contributed by atoms with Crippen molar-refractivity contribution in [3.8, 4) is 0 Å². The van der Waals surface area contributed by atoms with Gasteiger partial charge in [0.15, 0.2) is 0 Å². The van der Waals surface area contributed by atoms with Crippen molar-refractivity contribution in [3.05, 3.63) is 132 Å². The van der Waals surface area contributed by atoms with Crippen LogP contribution >= 0.6 is 15.8 Å². The molecule has 0 spiro atoms. The molecule has 0 aliphatic carbocycles. The normalized spacial score (nSPS) is 13.0. The Kier molecular flexibility index (Phi) is 9.02. The lowest BCUT2D eigenvalue weighted by Crippen LogP contribution is -2.35. The summed E-state index contributed by atoms with van der Waals surface area (Å²) in [5, 5.41) is 28.9. The molecule has 0 heterocycles. The number of allylic oxidation sites excluding steroid dienone is 1. The molecule has 0 radical (unpaired) electrons. The van der Waals surface area contributed by atoms with E-state index in [9.17, 15) is 10.2 Å². The molecule has 0 fully saturated rings. The smallest absolute Gasteiger partial charge is 0.106 e. The van der Waals surface area contributed by atoms with Crippen LogP contribution in [0.15, 0.2) is 132 Å². The Balaban J connectivity index is 1.70. The summed E-state index contributed by atoms with van der Waals surface area (Å²) in [5.41, 5.74) is 1.05. The third-order valence-electron chi connectivity index (χ3n) is 5.93. The van der Waals surface area contributed by atoms with E-state index in [4.69, 9.17) is 0 Å². The van der Waals surface area contributed by atoms with Crippen molar-refractivity contribution in [3.63, 3.8) is 0 Å². The van der Waals surface area contributed by atoms with Crippen molar-refractivity contribution < 1.29 is 10.2 Å². The summed E-state index contributed by atoms with van der Waals surface area (Å²) >= 11 is 0. The van der Waals surface area contributed by atoms with Gasteiger partial charge in [-0.15, -0.1) is 0 Å². The summed E-state index contributed by atoms with van der Waals surface area (Å²) in [4.78, 5) is 0. The monoisotopic (exact) mass is 498 g/mol. The van der Waals surface area contributed by atoms with Crippen molar-refractivity contribution in [2.24, 2.45) is 0 Å². The molecule has 4 aromatic rings. The molecule has 2 nitrogen and oxygen atoms in total. The van der Waals surface area contributed by atoms with E-state index in [2.05, 4.69) is 48.5 Å². The molecule has 4 rings (SSSR count). The Morgan fingerprint density at radius 1 is 0.571 bits per heavy atom. The van der Waals surface area contributed by atoms with E-state index in [1.807, 2.05) is 86.6 Å². The third-order valence-corrected chi connectivity index (χ3v) is 11.3. The molecule has 2 N–H and O–H groups in total. The molecular weight excluding hydrogens is 466 g/mol. The van der Waals surface area contributed by atoms with Gasteiger partial charge in [-0.05, 0) is 56.2 Å². The number of hydrogen-bond donors (Lipinski definition) is 2. The summed E-state index contributed by atoms with van der Waals surface area (Å²) in [6.45, 7) is 4.09. The number of aliphatic hydroxyl groups is 2. The lowest BCUT2D eigenvalue weighted by atomic mass is 10.1. The van der Waals surface area contributed by atoms with Gasteiger partial charge < -0.3 is 10.2 Å². The first-order valence-electron chi connectivity index (χ1n) is 11.9. The van der Waals surface area contributed by atoms with Crippen LogP contribution in [0.3, 0.4) is 0 Å². The molecule has 35 heavy (non-hydrogen) atoms. The fourth-order valence-electron chi connectivity index (χ4n) is 4.28. The maximum atomic E-state index is 11.7. The van der Waals surface area contributed by atoms with Crippen LogP contribution in [0.25, 0.3) is 0 Å². The molecule has 0 aliphatic rings. The summed E-state index contributed by atoms with van der Waals surface area (Å²) in [6.07, 6.45) is -1.35. The Hall–Kier alpha value is -2.60. The Labute approximate surface area is 211 Å². The summed E-state index contributed by atoms with van der Waals surface area (Å²) in [5.74, 6) is 0. The minimum Gasteiger partial charge on any atom is -0.390 e. The number of rotatable bonds is 9. The zero-order valence-corrected chi connectivity index (χ0v) is 22.0. The fourth-order valence-corrected chi connectivity index (χ4v) is 9.31. The SMILES string of the molecule is CC(C)=C(C(O)C(O)CP(c1ccccc1)c1ccccc1)P(c1ccccc1)c1ccccc1. The third kappa shape index (κ3) is 6.35. The van der Waals surface area contributed by atoms with Crippen LogP contribution in [0, 0.1) is 0 Å². The highest BCUT2D eigenvalue weighted by Crippen LogP contribution is 2.48. The molecule has 0 saturated carbocycles. The fraction of sp³-hybridized carbons (Fsp3) is 0.161. The van der Waals surface area contributed by atoms with Crippen molar-refractivity contribution in [2.75, 3.05) is 6.16 Å². The van der Waals surface area contributed by atoms with Crippen molar-refractivity contribution in [1.29, 1.82) is 0 Å². The zero-order chi connectivity index (χ0) is 24.6. The summed E-state index contributed by atoms with van der Waals surface area (Å²) in [6, 6.07) is 41.4. The summed E-state index contributed by atoms with van der Waals surface area (Å²) < 4.78 is 0. The van der Waals surface area contributed by atoms with Crippen LogP contribution in [-0.4, -0.2) is 28.6 Å². The van der Waals surface area contributed by atoms with Crippen LogP contribution in [0.2, 0.25) is 0 Å². The summed E-state index contributed by atoms with van der Waals surface area (Å²) in [7, 11) is -1.80. The lowest BCUT2D eigenvalue weighted by molar-refractivity contribution is 0.0615. The highest BCUT2D eigenvalue weighted by Gasteiger charge is 2.32. The highest BCUT2D eigenvalue weighted by atomic mass is 31.1. The predicted molar refractivity (Wildman–Crippen MR) is 153 cm³/mol. The van der Waals surface area contributed by atoms with E-state index in [-0.39, 0.29) is 0 Å². The Morgan fingerprint density at radius 2 is 0.914 bits per heavy atom. The van der Waals surface area contributed by atoms with Gasteiger partial charge in [0.25, 0.3) is 0 Å². The molecule has 0 amide bonds. The second-order valence-electron chi connectivity index (χ2n) is 8.69. The van der Waals surface area contributed by atoms with E-state index < -0.39 is 28.1 Å². The van der Waals surface area contributed by atoms with E-state index in [0.717, 1.165) is 10.9 Å². The number of aliphatic hydroxyl groups excluding tert-OH is 2. The van der Waals surface area contributed by atoms with Gasteiger partial charge in [0.1, 0.15) is 6.10 Å². The number of benzene rings is 4.